The van der Waals surface area contributed by atoms with Gasteiger partial charge in [0.2, 0.25) is 0 Å². The molecule has 3 N–H and O–H groups in total. The molecule has 1 amide bonds. The molecule has 0 aliphatic heterocycles. The maximum atomic E-state index is 13.7. The number of carbonyl (C=O) groups is 2. The summed E-state index contributed by atoms with van der Waals surface area (Å²) in [6.45, 7) is 8.60. The Morgan fingerprint density at radius 2 is 1.81 bits per heavy atom. The van der Waals surface area contributed by atoms with E-state index in [0.29, 0.717) is 30.7 Å². The van der Waals surface area contributed by atoms with Crippen molar-refractivity contribution in [3.63, 3.8) is 0 Å². The lowest BCUT2D eigenvalue weighted by molar-refractivity contribution is 0.0686. The molecule has 0 bridgehead atoms. The molecule has 0 aliphatic carbocycles. The van der Waals surface area contributed by atoms with E-state index in [1.165, 1.54) is 4.57 Å². The van der Waals surface area contributed by atoms with Crippen LogP contribution in [0.25, 0.3) is 22.0 Å². The Balaban J connectivity index is 1.45. The monoisotopic (exact) mass is 601 g/mol. The van der Waals surface area contributed by atoms with Crippen molar-refractivity contribution >= 4 is 34.4 Å². The summed E-state index contributed by atoms with van der Waals surface area (Å²) in [6, 6.07) is 11.5. The number of fused-ring (bicyclic) bond motifs is 1. The van der Waals surface area contributed by atoms with Crippen molar-refractivity contribution in [2.45, 2.75) is 47.1 Å². The minimum absolute atomic E-state index is 0.161. The Hall–Kier alpha value is -4.50. The van der Waals surface area contributed by atoms with Gasteiger partial charge in [0.15, 0.2) is 0 Å². The molecule has 0 spiro atoms. The molecular formula is C33H36ClN5O4. The SMILES string of the molecule is Cc1cc(OCCCc2c(C(=O)NCc3cc(C(=O)O)n(C)c3)[nH]c3c(-c4c(C)nn(C)c4C)cccc23)cc(C)c1Cl. The zero-order chi connectivity index (χ0) is 31.0. The highest BCUT2D eigenvalue weighted by molar-refractivity contribution is 6.32. The zero-order valence-electron chi connectivity index (χ0n) is 25.3. The quantitative estimate of drug-likeness (QED) is 0.160. The van der Waals surface area contributed by atoms with Crippen molar-refractivity contribution in [1.82, 2.24) is 24.6 Å². The van der Waals surface area contributed by atoms with Crippen molar-refractivity contribution in [3.05, 3.63) is 92.6 Å². The molecule has 5 aromatic rings. The molecule has 10 heteroatoms. The van der Waals surface area contributed by atoms with Crippen LogP contribution in [0.15, 0.2) is 42.6 Å². The lowest BCUT2D eigenvalue weighted by atomic mass is 9.98. The number of hydrogen-bond acceptors (Lipinski definition) is 4. The first-order valence-electron chi connectivity index (χ1n) is 14.2. The number of amides is 1. The third kappa shape index (κ3) is 5.90. The summed E-state index contributed by atoms with van der Waals surface area (Å²) in [6.07, 6.45) is 3.00. The Labute approximate surface area is 255 Å². The van der Waals surface area contributed by atoms with E-state index in [4.69, 9.17) is 16.3 Å². The molecule has 0 saturated heterocycles. The summed E-state index contributed by atoms with van der Waals surface area (Å²) in [5.41, 5.74) is 9.03. The number of aromatic nitrogens is 4. The minimum Gasteiger partial charge on any atom is -0.494 e. The molecular weight excluding hydrogens is 566 g/mol. The lowest BCUT2D eigenvalue weighted by Crippen LogP contribution is -2.24. The summed E-state index contributed by atoms with van der Waals surface area (Å²) in [5, 5.41) is 18.7. The number of halogens is 1. The second-order valence-corrected chi connectivity index (χ2v) is 11.4. The van der Waals surface area contributed by atoms with Crippen LogP contribution in [0.1, 0.15) is 61.0 Å². The Kier molecular flexibility index (Phi) is 8.37. The van der Waals surface area contributed by atoms with E-state index in [1.807, 2.05) is 69.8 Å². The van der Waals surface area contributed by atoms with Crippen LogP contribution in [-0.2, 0) is 27.1 Å². The highest BCUT2D eigenvalue weighted by Crippen LogP contribution is 2.35. The third-order valence-electron chi connectivity index (χ3n) is 7.93. The molecule has 224 valence electrons. The van der Waals surface area contributed by atoms with Crippen LogP contribution in [0.3, 0.4) is 0 Å². The smallest absolute Gasteiger partial charge is 0.352 e. The number of nitrogens with zero attached hydrogens (tertiary/aromatic N) is 3. The second-order valence-electron chi connectivity index (χ2n) is 11.0. The molecule has 0 saturated carbocycles. The van der Waals surface area contributed by atoms with E-state index in [-0.39, 0.29) is 18.1 Å². The van der Waals surface area contributed by atoms with E-state index < -0.39 is 5.97 Å². The van der Waals surface area contributed by atoms with Gasteiger partial charge in [-0.15, -0.1) is 0 Å². The third-order valence-corrected chi connectivity index (χ3v) is 8.53. The maximum absolute atomic E-state index is 13.7. The van der Waals surface area contributed by atoms with Crippen LogP contribution in [-0.4, -0.2) is 42.9 Å². The highest BCUT2D eigenvalue weighted by Gasteiger charge is 2.22. The van der Waals surface area contributed by atoms with Gasteiger partial charge in [0.25, 0.3) is 5.91 Å². The van der Waals surface area contributed by atoms with Gasteiger partial charge in [-0.1, -0.05) is 29.8 Å². The van der Waals surface area contributed by atoms with E-state index in [1.54, 1.807) is 19.3 Å². The fourth-order valence-corrected chi connectivity index (χ4v) is 5.85. The molecule has 5 rings (SSSR count). The Morgan fingerprint density at radius 3 is 2.44 bits per heavy atom. The first kappa shape index (κ1) is 30.0. The highest BCUT2D eigenvalue weighted by atomic mass is 35.5. The molecule has 0 aliphatic rings. The fraction of sp³-hybridized carbons (Fsp3) is 0.303. The second kappa shape index (κ2) is 12.0. The summed E-state index contributed by atoms with van der Waals surface area (Å²) in [4.78, 5) is 28.6. The molecule has 0 unspecified atom stereocenters. The van der Waals surface area contributed by atoms with Crippen molar-refractivity contribution in [3.8, 4) is 16.9 Å². The van der Waals surface area contributed by atoms with Gasteiger partial charge in [-0.3, -0.25) is 9.48 Å². The number of benzene rings is 2. The molecule has 3 heterocycles. The molecule has 9 nitrogen and oxygen atoms in total. The lowest BCUT2D eigenvalue weighted by Gasteiger charge is -2.11. The van der Waals surface area contributed by atoms with Gasteiger partial charge in [-0.05, 0) is 81.0 Å². The number of carbonyl (C=O) groups excluding carboxylic acids is 1. The maximum Gasteiger partial charge on any atom is 0.352 e. The first-order chi connectivity index (χ1) is 20.5. The van der Waals surface area contributed by atoms with Gasteiger partial charge in [0, 0.05) is 54.1 Å². The van der Waals surface area contributed by atoms with Gasteiger partial charge >= 0.3 is 5.97 Å². The molecule has 0 radical (unpaired) electrons. The van der Waals surface area contributed by atoms with Crippen LogP contribution in [0.5, 0.6) is 5.75 Å². The molecule has 3 aromatic heterocycles. The van der Waals surface area contributed by atoms with Gasteiger partial charge < -0.3 is 24.7 Å². The van der Waals surface area contributed by atoms with Crippen LogP contribution >= 0.6 is 11.6 Å². The van der Waals surface area contributed by atoms with E-state index >= 15 is 0 Å². The number of nitrogens with one attached hydrogen (secondary N) is 2. The number of carboxylic acids is 1. The molecule has 0 atom stereocenters. The number of hydrogen-bond donors (Lipinski definition) is 3. The van der Waals surface area contributed by atoms with Crippen LogP contribution in [0.2, 0.25) is 5.02 Å². The number of aromatic amines is 1. The minimum atomic E-state index is -1.02. The van der Waals surface area contributed by atoms with Gasteiger partial charge in [0.05, 0.1) is 17.8 Å². The van der Waals surface area contributed by atoms with E-state index in [0.717, 1.165) is 60.9 Å². The van der Waals surface area contributed by atoms with Crippen molar-refractivity contribution < 1.29 is 19.4 Å². The van der Waals surface area contributed by atoms with Crippen molar-refractivity contribution in [2.24, 2.45) is 14.1 Å². The number of rotatable bonds is 10. The number of H-pyrrole nitrogens is 1. The Morgan fingerprint density at radius 1 is 1.09 bits per heavy atom. The van der Waals surface area contributed by atoms with Gasteiger partial charge in [-0.25, -0.2) is 4.79 Å². The average Bonchev–Trinajstić information content (AvgIpc) is 3.60. The summed E-state index contributed by atoms with van der Waals surface area (Å²) < 4.78 is 9.47. The van der Waals surface area contributed by atoms with Gasteiger partial charge in [0.1, 0.15) is 17.1 Å². The van der Waals surface area contributed by atoms with E-state index in [2.05, 4.69) is 15.4 Å². The average molecular weight is 602 g/mol. The van der Waals surface area contributed by atoms with Crippen LogP contribution in [0.4, 0.5) is 0 Å². The number of aryl methyl sites for hydroxylation is 6. The fourth-order valence-electron chi connectivity index (χ4n) is 5.74. The topological polar surface area (TPSA) is 114 Å². The Bertz CT molecular complexity index is 1840. The number of carboxylic acid groups (broad SMARTS) is 1. The number of ether oxygens (including phenoxy) is 1. The van der Waals surface area contributed by atoms with Crippen LogP contribution in [0, 0.1) is 27.7 Å². The predicted octanol–water partition coefficient (Wildman–Crippen LogP) is 6.43. The van der Waals surface area contributed by atoms with Crippen LogP contribution < -0.4 is 10.1 Å². The molecule has 2 aromatic carbocycles. The molecule has 0 fully saturated rings. The summed E-state index contributed by atoms with van der Waals surface area (Å²) in [7, 11) is 3.59. The normalized spacial score (nSPS) is 11.3. The van der Waals surface area contributed by atoms with Crippen molar-refractivity contribution in [1.29, 1.82) is 0 Å². The first-order valence-corrected chi connectivity index (χ1v) is 14.5. The predicted molar refractivity (Wildman–Crippen MR) is 168 cm³/mol. The van der Waals surface area contributed by atoms with Gasteiger partial charge in [-0.2, -0.15) is 5.10 Å². The largest absolute Gasteiger partial charge is 0.494 e. The number of para-hydroxylation sites is 1. The van der Waals surface area contributed by atoms with Crippen molar-refractivity contribution in [2.75, 3.05) is 6.61 Å². The van der Waals surface area contributed by atoms with E-state index in [9.17, 15) is 14.7 Å². The summed E-state index contributed by atoms with van der Waals surface area (Å²) in [5.74, 6) is -0.510. The molecule has 43 heavy (non-hydrogen) atoms. The zero-order valence-corrected chi connectivity index (χ0v) is 26.0. The number of aromatic carboxylic acids is 1. The summed E-state index contributed by atoms with van der Waals surface area (Å²) >= 11 is 6.32. The standard InChI is InChI=1S/C33H36ClN5O4/c1-18-13-23(14-19(2)29(18)34)43-12-8-11-25-24-9-7-10-26(28-20(3)37-39(6)21(28)4)30(24)36-31(25)32(40)35-16-22-15-27(33(41)42)38(5)17-22/h7,9-10,13-15,17,36H,8,11-12,16H2,1-6H3,(H,35,40)(H,41,42).